The molecule has 0 aliphatic rings. The average molecular weight is 348 g/mol. The monoisotopic (exact) mass is 348 g/mol. The van der Waals surface area contributed by atoms with E-state index < -0.39 is 23.3 Å². The van der Waals surface area contributed by atoms with Gasteiger partial charge in [-0.05, 0) is 32.0 Å². The number of carbonyl (C=O) groups excluding carboxylic acids is 1. The Hall–Kier alpha value is -3.56. The number of amides is 1. The first-order chi connectivity index (χ1) is 11.7. The van der Waals surface area contributed by atoms with E-state index in [2.05, 4.69) is 15.3 Å². The van der Waals surface area contributed by atoms with Crippen molar-refractivity contribution in [3.05, 3.63) is 67.9 Å². The number of hydrogen-bond donors (Lipinski definition) is 3. The molecule has 0 bridgehead atoms. The van der Waals surface area contributed by atoms with Crippen LogP contribution in [0, 0.1) is 24.0 Å². The first-order valence-corrected chi connectivity index (χ1v) is 6.98. The zero-order chi connectivity index (χ0) is 19.0. The van der Waals surface area contributed by atoms with Gasteiger partial charge in [-0.15, -0.1) is 0 Å². The van der Waals surface area contributed by atoms with E-state index in [0.29, 0.717) is 0 Å². The Bertz CT molecular complexity index is 805. The van der Waals surface area contributed by atoms with Gasteiger partial charge < -0.3 is 15.4 Å². The molecular weight excluding hydrogens is 332 g/mol. The minimum atomic E-state index is -1.16. The maximum Gasteiger partial charge on any atom is 0.345 e. The summed E-state index contributed by atoms with van der Waals surface area (Å²) >= 11 is 0. The number of nitro groups is 1. The second kappa shape index (κ2) is 8.91. The summed E-state index contributed by atoms with van der Waals surface area (Å²) in [4.78, 5) is 47.9. The maximum atomic E-state index is 11.3. The molecule has 2 rings (SSSR count). The fourth-order valence-corrected chi connectivity index (χ4v) is 1.73. The van der Waals surface area contributed by atoms with Crippen molar-refractivity contribution in [2.24, 2.45) is 0 Å². The van der Waals surface area contributed by atoms with Crippen LogP contribution in [0.1, 0.15) is 21.7 Å². The van der Waals surface area contributed by atoms with Crippen LogP contribution in [-0.4, -0.2) is 38.4 Å². The Labute approximate surface area is 141 Å². The summed E-state index contributed by atoms with van der Waals surface area (Å²) in [6.07, 6.45) is 0. The number of aryl methyl sites for hydroxylation is 2. The number of nitrogens with one attached hydrogen (secondary N) is 2. The molecule has 10 heteroatoms. The van der Waals surface area contributed by atoms with Crippen molar-refractivity contribution < 1.29 is 19.6 Å². The lowest BCUT2D eigenvalue weighted by Crippen LogP contribution is -2.29. The van der Waals surface area contributed by atoms with Crippen molar-refractivity contribution in [3.8, 4) is 0 Å². The van der Waals surface area contributed by atoms with Gasteiger partial charge in [-0.1, -0.05) is 0 Å². The van der Waals surface area contributed by atoms with Crippen molar-refractivity contribution in [3.63, 3.8) is 0 Å². The molecule has 3 N–H and O–H groups in total. The topological polar surface area (TPSA) is 155 Å². The molecule has 0 saturated carbocycles. The van der Waals surface area contributed by atoms with Crippen LogP contribution in [0.3, 0.4) is 0 Å². The normalized spacial score (nSPS) is 9.52. The van der Waals surface area contributed by atoms with Gasteiger partial charge in [-0.2, -0.15) is 4.98 Å². The molecule has 1 heterocycles. The Morgan fingerprint density at radius 3 is 2.32 bits per heavy atom. The summed E-state index contributed by atoms with van der Waals surface area (Å²) < 4.78 is 0. The zero-order valence-electron chi connectivity index (χ0n) is 13.5. The van der Waals surface area contributed by atoms with Gasteiger partial charge >= 0.3 is 11.7 Å². The summed E-state index contributed by atoms with van der Waals surface area (Å²) in [7, 11) is 0. The molecule has 0 aliphatic carbocycles. The third-order valence-electron chi connectivity index (χ3n) is 2.75. The number of non-ortho nitro benzene ring substituents is 1. The van der Waals surface area contributed by atoms with Crippen molar-refractivity contribution in [1.29, 1.82) is 0 Å². The van der Waals surface area contributed by atoms with Crippen molar-refractivity contribution in [1.82, 2.24) is 15.3 Å². The second-order valence-corrected chi connectivity index (χ2v) is 4.89. The number of nitro benzene ring substituents is 1. The van der Waals surface area contributed by atoms with Crippen LogP contribution in [0.2, 0.25) is 0 Å². The number of aromatic nitrogens is 2. The second-order valence-electron chi connectivity index (χ2n) is 4.89. The van der Waals surface area contributed by atoms with Crippen LogP contribution in [0.15, 0.2) is 35.1 Å². The molecule has 0 radical (unpaired) electrons. The van der Waals surface area contributed by atoms with Crippen LogP contribution in [0.25, 0.3) is 0 Å². The Morgan fingerprint density at radius 1 is 1.28 bits per heavy atom. The lowest BCUT2D eigenvalue weighted by Gasteiger charge is -2.01. The van der Waals surface area contributed by atoms with Gasteiger partial charge in [0.05, 0.1) is 4.92 Å². The first kappa shape index (κ1) is 19.5. The van der Waals surface area contributed by atoms with Crippen LogP contribution >= 0.6 is 0 Å². The number of hydrogen-bond acceptors (Lipinski definition) is 6. The Kier molecular flexibility index (Phi) is 6.95. The third kappa shape index (κ3) is 7.03. The van der Waals surface area contributed by atoms with Gasteiger partial charge in [0.2, 0.25) is 0 Å². The van der Waals surface area contributed by atoms with E-state index >= 15 is 0 Å². The molecule has 0 spiro atoms. The summed E-state index contributed by atoms with van der Waals surface area (Å²) in [5.41, 5.74) is 1.39. The molecule has 1 aromatic carbocycles. The molecule has 0 atom stereocenters. The highest BCUT2D eigenvalue weighted by molar-refractivity contribution is 5.95. The van der Waals surface area contributed by atoms with Gasteiger partial charge in [-0.25, -0.2) is 4.79 Å². The highest BCUT2D eigenvalue weighted by Crippen LogP contribution is 2.11. The fraction of sp³-hybridized carbons (Fsp3) is 0.200. The van der Waals surface area contributed by atoms with E-state index in [4.69, 9.17) is 5.11 Å². The lowest BCUT2D eigenvalue weighted by molar-refractivity contribution is -0.384. The number of aromatic amines is 1. The number of H-pyrrole nitrogens is 1. The van der Waals surface area contributed by atoms with Crippen molar-refractivity contribution >= 4 is 17.6 Å². The molecule has 2 aromatic rings. The van der Waals surface area contributed by atoms with Crippen molar-refractivity contribution in [2.75, 3.05) is 6.54 Å². The summed E-state index contributed by atoms with van der Waals surface area (Å²) in [6.45, 7) is 3.13. The molecule has 1 aromatic heterocycles. The number of aliphatic carboxylic acids is 1. The van der Waals surface area contributed by atoms with E-state index in [0.717, 1.165) is 11.4 Å². The summed E-state index contributed by atoms with van der Waals surface area (Å²) in [5.74, 6) is -1.74. The summed E-state index contributed by atoms with van der Waals surface area (Å²) in [5, 5.41) is 20.8. The quantitative estimate of drug-likeness (QED) is 0.545. The predicted molar refractivity (Wildman–Crippen MR) is 87.4 cm³/mol. The lowest BCUT2D eigenvalue weighted by atomic mass is 10.2. The Morgan fingerprint density at radius 2 is 1.88 bits per heavy atom. The van der Waals surface area contributed by atoms with E-state index in [1.54, 1.807) is 6.92 Å². The van der Waals surface area contributed by atoms with Gasteiger partial charge in [0.15, 0.2) is 0 Å². The van der Waals surface area contributed by atoms with Gasteiger partial charge in [0, 0.05) is 29.1 Å². The molecule has 0 unspecified atom stereocenters. The van der Waals surface area contributed by atoms with Gasteiger partial charge in [0.1, 0.15) is 6.54 Å². The number of benzene rings is 1. The van der Waals surface area contributed by atoms with E-state index in [9.17, 15) is 24.5 Å². The van der Waals surface area contributed by atoms with Crippen LogP contribution < -0.4 is 11.0 Å². The van der Waals surface area contributed by atoms with Crippen LogP contribution in [0.4, 0.5) is 5.69 Å². The Balaban J connectivity index is 0.000000293. The molecule has 0 aliphatic heterocycles. The first-order valence-electron chi connectivity index (χ1n) is 6.98. The number of rotatable bonds is 4. The molecule has 25 heavy (non-hydrogen) atoms. The van der Waals surface area contributed by atoms with Crippen molar-refractivity contribution in [2.45, 2.75) is 13.8 Å². The fourth-order valence-electron chi connectivity index (χ4n) is 1.73. The average Bonchev–Trinajstić information content (AvgIpc) is 2.52. The minimum Gasteiger partial charge on any atom is -0.480 e. The highest BCUT2D eigenvalue weighted by atomic mass is 16.6. The minimum absolute atomic E-state index is 0.130. The van der Waals surface area contributed by atoms with E-state index in [-0.39, 0.29) is 16.9 Å². The highest BCUT2D eigenvalue weighted by Gasteiger charge is 2.09. The molecule has 0 fully saturated rings. The van der Waals surface area contributed by atoms with Gasteiger partial charge in [-0.3, -0.25) is 19.7 Å². The summed E-state index contributed by atoms with van der Waals surface area (Å²) in [6, 6.07) is 6.69. The molecule has 0 saturated heterocycles. The third-order valence-corrected chi connectivity index (χ3v) is 2.75. The molecule has 1 amide bonds. The number of carboxylic acids is 1. The predicted octanol–water partition coefficient (Wildman–Crippen LogP) is 0.796. The molecule has 132 valence electrons. The standard InChI is InChI=1S/C9H8N2O5.C6H8N2O/c12-8(13)5-10-9(14)6-1-3-7(4-2-6)11(15)16;1-4-3-5(2)8-6(9)7-4/h1-4H,5H2,(H,10,14)(H,12,13);3H,1-2H3,(H,7,8,9). The maximum absolute atomic E-state index is 11.3. The van der Waals surface area contributed by atoms with Crippen LogP contribution in [-0.2, 0) is 4.79 Å². The van der Waals surface area contributed by atoms with E-state index in [1.807, 2.05) is 13.0 Å². The molecular formula is C15H16N4O6. The van der Waals surface area contributed by atoms with Crippen LogP contribution in [0.5, 0.6) is 0 Å². The number of nitrogens with zero attached hydrogens (tertiary/aromatic N) is 2. The largest absolute Gasteiger partial charge is 0.480 e. The number of carboxylic acid groups (broad SMARTS) is 1. The number of carbonyl (C=O) groups is 2. The zero-order valence-corrected chi connectivity index (χ0v) is 13.5. The smallest absolute Gasteiger partial charge is 0.345 e. The van der Waals surface area contributed by atoms with E-state index in [1.165, 1.54) is 24.3 Å². The SMILES string of the molecule is Cc1cc(C)[nH]c(=O)n1.O=C(O)CNC(=O)c1ccc([N+](=O)[O-])cc1. The molecule has 10 nitrogen and oxygen atoms in total. The van der Waals surface area contributed by atoms with Gasteiger partial charge in [0.25, 0.3) is 11.6 Å².